The maximum atomic E-state index is 12.0. The molecule has 1 amide bonds. The van der Waals surface area contributed by atoms with Crippen LogP contribution < -0.4 is 5.32 Å². The first-order chi connectivity index (χ1) is 12.4. The van der Waals surface area contributed by atoms with Crippen molar-refractivity contribution in [2.45, 2.75) is 6.92 Å². The van der Waals surface area contributed by atoms with Crippen molar-refractivity contribution in [3.8, 4) is 0 Å². The lowest BCUT2D eigenvalue weighted by molar-refractivity contribution is -0.119. The third-order valence-electron chi connectivity index (χ3n) is 3.16. The Labute approximate surface area is 160 Å². The van der Waals surface area contributed by atoms with E-state index in [1.807, 2.05) is 0 Å². The average Bonchev–Trinajstić information content (AvgIpc) is 2.62. The molecule has 0 bridgehead atoms. The van der Waals surface area contributed by atoms with E-state index in [0.29, 0.717) is 16.3 Å². The van der Waals surface area contributed by atoms with Crippen LogP contribution in [-0.4, -0.2) is 31.1 Å². The molecule has 0 saturated carbocycles. The van der Waals surface area contributed by atoms with Gasteiger partial charge in [-0.15, -0.1) is 0 Å². The number of carbonyl (C=O) groups excluding carboxylic acids is 3. The third kappa shape index (κ3) is 5.47. The zero-order valence-electron chi connectivity index (χ0n) is 13.8. The van der Waals surface area contributed by atoms with E-state index in [-0.39, 0.29) is 17.2 Å². The van der Waals surface area contributed by atoms with Crippen molar-refractivity contribution in [2.24, 2.45) is 0 Å². The van der Waals surface area contributed by atoms with Crippen molar-refractivity contribution in [1.29, 1.82) is 0 Å². The molecule has 26 heavy (non-hydrogen) atoms. The number of ether oxygens (including phenoxy) is 2. The van der Waals surface area contributed by atoms with Gasteiger partial charge in [0.25, 0.3) is 5.91 Å². The van der Waals surface area contributed by atoms with E-state index in [2.05, 4.69) is 5.32 Å². The van der Waals surface area contributed by atoms with Crippen molar-refractivity contribution >= 4 is 46.7 Å². The SMILES string of the molecule is CCOC(=O)c1ccc(NC(=O)COC(=O)c2cc(Cl)ccc2Cl)cc1. The molecule has 1 N–H and O–H groups in total. The van der Waals surface area contributed by atoms with Crippen molar-refractivity contribution in [2.75, 3.05) is 18.5 Å². The van der Waals surface area contributed by atoms with Crippen LogP contribution >= 0.6 is 23.2 Å². The maximum absolute atomic E-state index is 12.0. The van der Waals surface area contributed by atoms with Crippen LogP contribution in [0.3, 0.4) is 0 Å². The van der Waals surface area contributed by atoms with Gasteiger partial charge < -0.3 is 14.8 Å². The highest BCUT2D eigenvalue weighted by atomic mass is 35.5. The van der Waals surface area contributed by atoms with Crippen LogP contribution in [0.25, 0.3) is 0 Å². The quantitative estimate of drug-likeness (QED) is 0.748. The van der Waals surface area contributed by atoms with Crippen LogP contribution in [-0.2, 0) is 14.3 Å². The fourth-order valence-electron chi connectivity index (χ4n) is 1.96. The van der Waals surface area contributed by atoms with E-state index in [9.17, 15) is 14.4 Å². The summed E-state index contributed by atoms with van der Waals surface area (Å²) in [5.74, 6) is -1.75. The number of anilines is 1. The predicted molar refractivity (Wildman–Crippen MR) is 97.8 cm³/mol. The molecule has 0 spiro atoms. The fraction of sp³-hybridized carbons (Fsp3) is 0.167. The molecule has 0 atom stereocenters. The topological polar surface area (TPSA) is 81.7 Å². The second kappa shape index (κ2) is 9.22. The number of hydrogen-bond acceptors (Lipinski definition) is 5. The number of halogens is 2. The highest BCUT2D eigenvalue weighted by molar-refractivity contribution is 6.35. The van der Waals surface area contributed by atoms with Gasteiger partial charge >= 0.3 is 11.9 Å². The minimum atomic E-state index is -0.759. The Morgan fingerprint density at radius 1 is 0.962 bits per heavy atom. The Bertz CT molecular complexity index is 821. The second-order valence-corrected chi connectivity index (χ2v) is 5.89. The Morgan fingerprint density at radius 2 is 1.65 bits per heavy atom. The van der Waals surface area contributed by atoms with E-state index >= 15 is 0 Å². The molecular formula is C18H15Cl2NO5. The molecule has 2 aromatic carbocycles. The first-order valence-electron chi connectivity index (χ1n) is 7.60. The van der Waals surface area contributed by atoms with Crippen LogP contribution in [0.4, 0.5) is 5.69 Å². The molecule has 0 aromatic heterocycles. The van der Waals surface area contributed by atoms with E-state index in [4.69, 9.17) is 32.7 Å². The molecule has 8 heteroatoms. The molecule has 0 aliphatic carbocycles. The van der Waals surface area contributed by atoms with Gasteiger partial charge in [0, 0.05) is 10.7 Å². The lowest BCUT2D eigenvalue weighted by Gasteiger charge is -2.08. The minimum Gasteiger partial charge on any atom is -0.462 e. The summed E-state index contributed by atoms with van der Waals surface area (Å²) < 4.78 is 9.79. The molecule has 0 radical (unpaired) electrons. The van der Waals surface area contributed by atoms with E-state index in [0.717, 1.165) is 0 Å². The Balaban J connectivity index is 1.89. The summed E-state index contributed by atoms with van der Waals surface area (Å²) in [5.41, 5.74) is 0.887. The number of benzene rings is 2. The lowest BCUT2D eigenvalue weighted by Crippen LogP contribution is -2.21. The van der Waals surface area contributed by atoms with Crippen LogP contribution in [0.2, 0.25) is 10.0 Å². The van der Waals surface area contributed by atoms with Crippen molar-refractivity contribution in [3.05, 3.63) is 63.6 Å². The van der Waals surface area contributed by atoms with Crippen LogP contribution in [0.15, 0.2) is 42.5 Å². The third-order valence-corrected chi connectivity index (χ3v) is 3.73. The summed E-state index contributed by atoms with van der Waals surface area (Å²) in [6, 6.07) is 10.5. The molecule has 2 aromatic rings. The predicted octanol–water partition coefficient (Wildman–Crippen LogP) is 3.97. The summed E-state index contributed by atoms with van der Waals surface area (Å²) >= 11 is 11.7. The fourth-order valence-corrected chi connectivity index (χ4v) is 2.33. The van der Waals surface area contributed by atoms with E-state index in [1.54, 1.807) is 19.1 Å². The summed E-state index contributed by atoms with van der Waals surface area (Å²) in [7, 11) is 0. The normalized spacial score (nSPS) is 10.1. The Morgan fingerprint density at radius 3 is 2.31 bits per heavy atom. The first kappa shape index (κ1) is 19.8. The first-order valence-corrected chi connectivity index (χ1v) is 8.35. The summed E-state index contributed by atoms with van der Waals surface area (Å²) in [6.07, 6.45) is 0. The number of amides is 1. The summed E-state index contributed by atoms with van der Waals surface area (Å²) in [4.78, 5) is 35.4. The minimum absolute atomic E-state index is 0.0748. The molecule has 0 saturated heterocycles. The molecule has 0 unspecified atom stereocenters. The standard InChI is InChI=1S/C18H15Cl2NO5/c1-2-25-17(23)11-3-6-13(7-4-11)21-16(22)10-26-18(24)14-9-12(19)5-8-15(14)20/h3-9H,2,10H2,1H3,(H,21,22). The highest BCUT2D eigenvalue weighted by Crippen LogP contribution is 2.21. The number of esters is 2. The van der Waals surface area contributed by atoms with Crippen LogP contribution in [0.5, 0.6) is 0 Å². The second-order valence-electron chi connectivity index (χ2n) is 5.05. The number of rotatable bonds is 6. The van der Waals surface area contributed by atoms with Crippen LogP contribution in [0, 0.1) is 0 Å². The monoisotopic (exact) mass is 395 g/mol. The smallest absolute Gasteiger partial charge is 0.340 e. The van der Waals surface area contributed by atoms with Gasteiger partial charge in [-0.1, -0.05) is 23.2 Å². The highest BCUT2D eigenvalue weighted by Gasteiger charge is 2.14. The molecule has 136 valence electrons. The van der Waals surface area contributed by atoms with Crippen LogP contribution in [0.1, 0.15) is 27.6 Å². The van der Waals surface area contributed by atoms with Gasteiger partial charge in [0.05, 0.1) is 22.8 Å². The zero-order chi connectivity index (χ0) is 19.1. The maximum Gasteiger partial charge on any atom is 0.340 e. The number of carbonyl (C=O) groups is 3. The number of nitrogens with one attached hydrogen (secondary N) is 1. The number of hydrogen-bond donors (Lipinski definition) is 1. The van der Waals surface area contributed by atoms with E-state index < -0.39 is 24.5 Å². The van der Waals surface area contributed by atoms with Gasteiger partial charge in [-0.05, 0) is 49.4 Å². The largest absolute Gasteiger partial charge is 0.462 e. The molecule has 0 fully saturated rings. The van der Waals surface area contributed by atoms with E-state index in [1.165, 1.54) is 30.3 Å². The lowest BCUT2D eigenvalue weighted by atomic mass is 10.2. The summed E-state index contributed by atoms with van der Waals surface area (Å²) in [6.45, 7) is 1.49. The molecule has 2 rings (SSSR count). The van der Waals surface area contributed by atoms with Crippen molar-refractivity contribution < 1.29 is 23.9 Å². The van der Waals surface area contributed by atoms with Gasteiger partial charge in [-0.2, -0.15) is 0 Å². The molecule has 0 heterocycles. The molecule has 0 aliphatic rings. The van der Waals surface area contributed by atoms with Gasteiger partial charge in [0.2, 0.25) is 0 Å². The van der Waals surface area contributed by atoms with Crippen molar-refractivity contribution in [1.82, 2.24) is 0 Å². The molecule has 6 nitrogen and oxygen atoms in total. The zero-order valence-corrected chi connectivity index (χ0v) is 15.3. The van der Waals surface area contributed by atoms with Gasteiger partial charge in [-0.25, -0.2) is 9.59 Å². The molecule has 0 aliphatic heterocycles. The average molecular weight is 396 g/mol. The van der Waals surface area contributed by atoms with Crippen molar-refractivity contribution in [3.63, 3.8) is 0 Å². The van der Waals surface area contributed by atoms with Gasteiger partial charge in [0.15, 0.2) is 6.61 Å². The van der Waals surface area contributed by atoms with Gasteiger partial charge in [-0.3, -0.25) is 4.79 Å². The molecular weight excluding hydrogens is 381 g/mol. The Kier molecular flexibility index (Phi) is 7.00. The summed E-state index contributed by atoms with van der Waals surface area (Å²) in [5, 5.41) is 3.05. The Hall–Kier alpha value is -2.57. The van der Waals surface area contributed by atoms with Gasteiger partial charge in [0.1, 0.15) is 0 Å².